The molecule has 1 saturated heterocycles. The van der Waals surface area contributed by atoms with Gasteiger partial charge in [0.15, 0.2) is 0 Å². The van der Waals surface area contributed by atoms with Crippen LogP contribution >= 0.6 is 0 Å². The van der Waals surface area contributed by atoms with Crippen LogP contribution in [0.2, 0.25) is 0 Å². The summed E-state index contributed by atoms with van der Waals surface area (Å²) in [5.41, 5.74) is 3.12. The SMILES string of the molecule is Cc1cc(CN2CCC[C@@H]2C(=O)O)c2ccccc2n1. The Balaban J connectivity index is 1.96. The van der Waals surface area contributed by atoms with Crippen molar-refractivity contribution in [2.24, 2.45) is 0 Å². The normalized spacial score (nSPS) is 19.6. The van der Waals surface area contributed by atoms with Gasteiger partial charge in [-0.05, 0) is 44.0 Å². The van der Waals surface area contributed by atoms with Gasteiger partial charge >= 0.3 is 5.97 Å². The van der Waals surface area contributed by atoms with E-state index >= 15 is 0 Å². The highest BCUT2D eigenvalue weighted by atomic mass is 16.4. The number of nitrogens with zero attached hydrogens (tertiary/aromatic N) is 2. The Labute approximate surface area is 118 Å². The molecule has 0 saturated carbocycles. The van der Waals surface area contributed by atoms with Crippen molar-refractivity contribution in [1.82, 2.24) is 9.88 Å². The number of carboxylic acids is 1. The lowest BCUT2D eigenvalue weighted by Crippen LogP contribution is -2.35. The molecule has 2 heterocycles. The van der Waals surface area contributed by atoms with E-state index in [1.165, 1.54) is 5.56 Å². The molecule has 0 radical (unpaired) electrons. The van der Waals surface area contributed by atoms with Crippen LogP contribution in [0.15, 0.2) is 30.3 Å². The zero-order valence-corrected chi connectivity index (χ0v) is 11.5. The van der Waals surface area contributed by atoms with E-state index in [2.05, 4.69) is 22.0 Å². The number of carbonyl (C=O) groups is 1. The zero-order valence-electron chi connectivity index (χ0n) is 11.5. The molecule has 1 N–H and O–H groups in total. The smallest absolute Gasteiger partial charge is 0.320 e. The third-order valence-corrected chi connectivity index (χ3v) is 3.95. The summed E-state index contributed by atoms with van der Waals surface area (Å²) in [6.45, 7) is 3.52. The summed E-state index contributed by atoms with van der Waals surface area (Å²) in [7, 11) is 0. The molecule has 1 aromatic carbocycles. The molecule has 1 fully saturated rings. The minimum atomic E-state index is -0.711. The molecule has 104 valence electrons. The topological polar surface area (TPSA) is 53.4 Å². The maximum atomic E-state index is 11.3. The zero-order chi connectivity index (χ0) is 14.1. The molecule has 4 heteroatoms. The summed E-state index contributed by atoms with van der Waals surface area (Å²) < 4.78 is 0. The van der Waals surface area contributed by atoms with Gasteiger partial charge in [0.25, 0.3) is 0 Å². The summed E-state index contributed by atoms with van der Waals surface area (Å²) in [6, 6.07) is 9.77. The first kappa shape index (κ1) is 13.1. The standard InChI is InChI=1S/C16H18N2O2/c1-11-9-12(13-5-2-3-6-14(13)17-11)10-18-8-4-7-15(18)16(19)20/h2-3,5-6,9,15H,4,7-8,10H2,1H3,(H,19,20)/t15-/m1/s1. The highest BCUT2D eigenvalue weighted by molar-refractivity contribution is 5.82. The number of aliphatic carboxylic acids is 1. The van der Waals surface area contributed by atoms with Crippen molar-refractivity contribution in [1.29, 1.82) is 0 Å². The summed E-state index contributed by atoms with van der Waals surface area (Å²) in [5, 5.41) is 10.4. The van der Waals surface area contributed by atoms with Crippen molar-refractivity contribution in [3.8, 4) is 0 Å². The Bertz CT molecular complexity index is 654. The van der Waals surface area contributed by atoms with Gasteiger partial charge in [-0.2, -0.15) is 0 Å². The molecule has 0 unspecified atom stereocenters. The fraction of sp³-hybridized carbons (Fsp3) is 0.375. The number of hydrogen-bond donors (Lipinski definition) is 1. The molecular weight excluding hydrogens is 252 g/mol. The number of fused-ring (bicyclic) bond motifs is 1. The van der Waals surface area contributed by atoms with Crippen LogP contribution in [0, 0.1) is 6.92 Å². The Kier molecular flexibility index (Phi) is 3.40. The molecular formula is C16H18N2O2. The van der Waals surface area contributed by atoms with E-state index in [-0.39, 0.29) is 6.04 Å². The van der Waals surface area contributed by atoms with Gasteiger partial charge in [-0.3, -0.25) is 14.7 Å². The van der Waals surface area contributed by atoms with E-state index in [9.17, 15) is 9.90 Å². The van der Waals surface area contributed by atoms with Crippen LogP contribution < -0.4 is 0 Å². The number of para-hydroxylation sites is 1. The predicted molar refractivity (Wildman–Crippen MR) is 77.5 cm³/mol. The lowest BCUT2D eigenvalue weighted by Gasteiger charge is -2.22. The van der Waals surface area contributed by atoms with Crippen molar-refractivity contribution in [2.75, 3.05) is 6.54 Å². The molecule has 1 aliphatic heterocycles. The predicted octanol–water partition coefficient (Wildman–Crippen LogP) is 2.59. The van der Waals surface area contributed by atoms with Gasteiger partial charge in [-0.25, -0.2) is 0 Å². The highest BCUT2D eigenvalue weighted by Gasteiger charge is 2.30. The van der Waals surface area contributed by atoms with Crippen LogP contribution in [0.25, 0.3) is 10.9 Å². The number of benzene rings is 1. The maximum absolute atomic E-state index is 11.3. The molecule has 0 amide bonds. The van der Waals surface area contributed by atoms with Crippen LogP contribution in [0.5, 0.6) is 0 Å². The van der Waals surface area contributed by atoms with E-state index in [0.717, 1.165) is 36.0 Å². The van der Waals surface area contributed by atoms with Crippen molar-refractivity contribution in [3.63, 3.8) is 0 Å². The fourth-order valence-corrected chi connectivity index (χ4v) is 3.04. The van der Waals surface area contributed by atoms with Crippen LogP contribution in [0.4, 0.5) is 0 Å². The van der Waals surface area contributed by atoms with Gasteiger partial charge in [0, 0.05) is 17.6 Å². The highest BCUT2D eigenvalue weighted by Crippen LogP contribution is 2.24. The van der Waals surface area contributed by atoms with Crippen LogP contribution in [0.3, 0.4) is 0 Å². The first-order chi connectivity index (χ1) is 9.65. The second-order valence-electron chi connectivity index (χ2n) is 5.41. The second kappa shape index (κ2) is 5.21. The number of aromatic nitrogens is 1. The van der Waals surface area contributed by atoms with Gasteiger partial charge < -0.3 is 5.11 Å². The van der Waals surface area contributed by atoms with Gasteiger partial charge in [-0.15, -0.1) is 0 Å². The number of hydrogen-bond acceptors (Lipinski definition) is 3. The lowest BCUT2D eigenvalue weighted by molar-refractivity contribution is -0.142. The monoisotopic (exact) mass is 270 g/mol. The average Bonchev–Trinajstić information content (AvgIpc) is 2.87. The Morgan fingerprint density at radius 2 is 2.25 bits per heavy atom. The van der Waals surface area contributed by atoms with Gasteiger partial charge in [0.1, 0.15) is 6.04 Å². The van der Waals surface area contributed by atoms with E-state index in [1.54, 1.807) is 0 Å². The molecule has 20 heavy (non-hydrogen) atoms. The summed E-state index contributed by atoms with van der Waals surface area (Å²) >= 11 is 0. The molecule has 0 bridgehead atoms. The Morgan fingerprint density at radius 1 is 1.45 bits per heavy atom. The Morgan fingerprint density at radius 3 is 3.05 bits per heavy atom. The number of likely N-dealkylation sites (tertiary alicyclic amines) is 1. The van der Waals surface area contributed by atoms with Gasteiger partial charge in [0.2, 0.25) is 0 Å². The number of rotatable bonds is 3. The largest absolute Gasteiger partial charge is 0.480 e. The molecule has 2 aromatic rings. The number of carboxylic acid groups (broad SMARTS) is 1. The first-order valence-corrected chi connectivity index (χ1v) is 6.97. The molecule has 0 spiro atoms. The average molecular weight is 270 g/mol. The Hall–Kier alpha value is -1.94. The maximum Gasteiger partial charge on any atom is 0.320 e. The van der Waals surface area contributed by atoms with Crippen molar-refractivity contribution < 1.29 is 9.90 Å². The summed E-state index contributed by atoms with van der Waals surface area (Å²) in [4.78, 5) is 17.9. The fourth-order valence-electron chi connectivity index (χ4n) is 3.04. The van der Waals surface area contributed by atoms with Crippen molar-refractivity contribution in [3.05, 3.63) is 41.6 Å². The molecule has 3 rings (SSSR count). The minimum absolute atomic E-state index is 0.345. The van der Waals surface area contributed by atoms with Crippen LogP contribution in [-0.2, 0) is 11.3 Å². The quantitative estimate of drug-likeness (QED) is 0.931. The van der Waals surface area contributed by atoms with E-state index in [4.69, 9.17) is 0 Å². The van der Waals surface area contributed by atoms with Gasteiger partial charge in [-0.1, -0.05) is 18.2 Å². The van der Waals surface area contributed by atoms with E-state index in [0.29, 0.717) is 6.54 Å². The number of pyridine rings is 1. The molecule has 1 aliphatic rings. The number of aryl methyl sites for hydroxylation is 1. The van der Waals surface area contributed by atoms with Crippen LogP contribution in [0.1, 0.15) is 24.1 Å². The van der Waals surface area contributed by atoms with E-state index < -0.39 is 5.97 Å². The molecule has 1 atom stereocenters. The first-order valence-electron chi connectivity index (χ1n) is 6.97. The van der Waals surface area contributed by atoms with Crippen molar-refractivity contribution >= 4 is 16.9 Å². The molecule has 4 nitrogen and oxygen atoms in total. The molecule has 1 aromatic heterocycles. The minimum Gasteiger partial charge on any atom is -0.480 e. The molecule has 0 aliphatic carbocycles. The summed E-state index contributed by atoms with van der Waals surface area (Å²) in [6.07, 6.45) is 1.70. The van der Waals surface area contributed by atoms with E-state index in [1.807, 2.05) is 25.1 Å². The summed E-state index contributed by atoms with van der Waals surface area (Å²) in [5.74, 6) is -0.711. The van der Waals surface area contributed by atoms with Crippen LogP contribution in [-0.4, -0.2) is 33.5 Å². The third kappa shape index (κ3) is 2.39. The van der Waals surface area contributed by atoms with Crippen molar-refractivity contribution in [2.45, 2.75) is 32.4 Å². The van der Waals surface area contributed by atoms with Gasteiger partial charge in [0.05, 0.1) is 5.52 Å². The second-order valence-corrected chi connectivity index (χ2v) is 5.41. The lowest BCUT2D eigenvalue weighted by atomic mass is 10.1. The third-order valence-electron chi connectivity index (χ3n) is 3.95.